The number of piperidine rings is 1. The number of amides is 2. The molecule has 0 aliphatic carbocycles. The first-order chi connectivity index (χ1) is 10.3. The third-order valence-corrected chi connectivity index (χ3v) is 4.67. The molecule has 4 unspecified atom stereocenters. The molecule has 0 spiro atoms. The van der Waals surface area contributed by atoms with Crippen LogP contribution in [-0.4, -0.2) is 29.8 Å². The SMILES string of the molecule is CCCC(C(N)=O)C(CC(C)C)C(=O)N1CC(C)CC(C)C1. The number of rotatable bonds is 7. The van der Waals surface area contributed by atoms with Gasteiger partial charge in [-0.2, -0.15) is 0 Å². The Bertz CT molecular complexity index is 371. The molecule has 4 nitrogen and oxygen atoms in total. The van der Waals surface area contributed by atoms with E-state index in [1.165, 1.54) is 6.42 Å². The standard InChI is InChI=1S/C18H34N2O2/c1-6-7-15(17(19)21)16(8-12(2)3)18(22)20-10-13(4)9-14(5)11-20/h12-16H,6-11H2,1-5H3,(H2,19,21). The van der Waals surface area contributed by atoms with Crippen LogP contribution in [-0.2, 0) is 9.59 Å². The lowest BCUT2D eigenvalue weighted by Gasteiger charge is -2.38. The van der Waals surface area contributed by atoms with E-state index >= 15 is 0 Å². The van der Waals surface area contributed by atoms with Crippen molar-refractivity contribution < 1.29 is 9.59 Å². The van der Waals surface area contributed by atoms with Gasteiger partial charge in [0.25, 0.3) is 0 Å². The first kappa shape index (κ1) is 19.0. The molecule has 1 rings (SSSR count). The van der Waals surface area contributed by atoms with Gasteiger partial charge < -0.3 is 10.6 Å². The lowest BCUT2D eigenvalue weighted by Crippen LogP contribution is -2.48. The molecule has 4 atom stereocenters. The van der Waals surface area contributed by atoms with Gasteiger partial charge in [0.1, 0.15) is 0 Å². The summed E-state index contributed by atoms with van der Waals surface area (Å²) >= 11 is 0. The van der Waals surface area contributed by atoms with Gasteiger partial charge in [-0.3, -0.25) is 9.59 Å². The Morgan fingerprint density at radius 2 is 1.68 bits per heavy atom. The number of carbonyl (C=O) groups is 2. The van der Waals surface area contributed by atoms with Crippen LogP contribution in [0.4, 0.5) is 0 Å². The van der Waals surface area contributed by atoms with E-state index in [0.29, 0.717) is 24.2 Å². The fourth-order valence-electron chi connectivity index (χ4n) is 3.88. The molecule has 0 radical (unpaired) electrons. The molecule has 0 bridgehead atoms. The Morgan fingerprint density at radius 3 is 2.09 bits per heavy atom. The van der Waals surface area contributed by atoms with E-state index < -0.39 is 0 Å². The highest BCUT2D eigenvalue weighted by molar-refractivity contribution is 5.87. The molecule has 1 aliphatic rings. The Morgan fingerprint density at radius 1 is 1.14 bits per heavy atom. The molecule has 0 saturated carbocycles. The summed E-state index contributed by atoms with van der Waals surface area (Å²) in [7, 11) is 0. The first-order valence-corrected chi connectivity index (χ1v) is 8.84. The van der Waals surface area contributed by atoms with Crippen molar-refractivity contribution >= 4 is 11.8 Å². The van der Waals surface area contributed by atoms with Crippen LogP contribution in [0.25, 0.3) is 0 Å². The molecular formula is C18H34N2O2. The smallest absolute Gasteiger partial charge is 0.226 e. The van der Waals surface area contributed by atoms with Crippen LogP contribution in [0, 0.1) is 29.6 Å². The molecule has 0 aromatic rings. The van der Waals surface area contributed by atoms with Crippen LogP contribution in [0.15, 0.2) is 0 Å². The molecule has 128 valence electrons. The van der Waals surface area contributed by atoms with Gasteiger partial charge in [0, 0.05) is 24.9 Å². The number of nitrogens with two attached hydrogens (primary N) is 1. The second-order valence-corrected chi connectivity index (χ2v) is 7.72. The third kappa shape index (κ3) is 5.29. The van der Waals surface area contributed by atoms with Crippen molar-refractivity contribution in [1.29, 1.82) is 0 Å². The van der Waals surface area contributed by atoms with Gasteiger partial charge in [0.2, 0.25) is 11.8 Å². The van der Waals surface area contributed by atoms with Crippen LogP contribution in [0.3, 0.4) is 0 Å². The number of hydrogen-bond donors (Lipinski definition) is 1. The van der Waals surface area contributed by atoms with Gasteiger partial charge in [0.15, 0.2) is 0 Å². The quantitative estimate of drug-likeness (QED) is 0.785. The number of carbonyl (C=O) groups excluding carboxylic acids is 2. The van der Waals surface area contributed by atoms with E-state index in [2.05, 4.69) is 27.7 Å². The molecule has 1 saturated heterocycles. The van der Waals surface area contributed by atoms with Crippen LogP contribution in [0.5, 0.6) is 0 Å². The zero-order valence-corrected chi connectivity index (χ0v) is 15.0. The van der Waals surface area contributed by atoms with Crippen molar-refractivity contribution in [3.05, 3.63) is 0 Å². The molecule has 4 heteroatoms. The lowest BCUT2D eigenvalue weighted by atomic mass is 9.80. The number of nitrogens with zero attached hydrogens (tertiary/aromatic N) is 1. The monoisotopic (exact) mass is 310 g/mol. The summed E-state index contributed by atoms with van der Waals surface area (Å²) in [5, 5.41) is 0. The molecule has 1 aliphatic heterocycles. The van der Waals surface area contributed by atoms with Gasteiger partial charge in [-0.1, -0.05) is 41.0 Å². The summed E-state index contributed by atoms with van der Waals surface area (Å²) in [5.74, 6) is 0.689. The molecular weight excluding hydrogens is 276 g/mol. The highest BCUT2D eigenvalue weighted by atomic mass is 16.2. The van der Waals surface area contributed by atoms with Crippen molar-refractivity contribution in [3.8, 4) is 0 Å². The van der Waals surface area contributed by atoms with Crippen molar-refractivity contribution in [2.24, 2.45) is 35.3 Å². The van der Waals surface area contributed by atoms with E-state index in [0.717, 1.165) is 25.9 Å². The maximum absolute atomic E-state index is 13.1. The van der Waals surface area contributed by atoms with Crippen molar-refractivity contribution in [2.45, 2.75) is 60.3 Å². The highest BCUT2D eigenvalue weighted by Gasteiger charge is 2.36. The zero-order chi connectivity index (χ0) is 16.9. The topological polar surface area (TPSA) is 63.4 Å². The fourth-order valence-corrected chi connectivity index (χ4v) is 3.88. The Hall–Kier alpha value is -1.06. The van der Waals surface area contributed by atoms with Crippen LogP contribution in [0.2, 0.25) is 0 Å². The maximum Gasteiger partial charge on any atom is 0.226 e. The summed E-state index contributed by atoms with van der Waals surface area (Å²) in [4.78, 5) is 26.9. The van der Waals surface area contributed by atoms with E-state index in [4.69, 9.17) is 5.73 Å². The summed E-state index contributed by atoms with van der Waals surface area (Å²) < 4.78 is 0. The minimum Gasteiger partial charge on any atom is -0.369 e. The Labute approximate surface area is 135 Å². The van der Waals surface area contributed by atoms with Crippen LogP contribution in [0.1, 0.15) is 60.3 Å². The summed E-state index contributed by atoms with van der Waals surface area (Å²) in [5.41, 5.74) is 5.61. The van der Waals surface area contributed by atoms with Gasteiger partial charge in [-0.25, -0.2) is 0 Å². The van der Waals surface area contributed by atoms with Crippen molar-refractivity contribution in [3.63, 3.8) is 0 Å². The summed E-state index contributed by atoms with van der Waals surface area (Å²) in [6.45, 7) is 12.3. The van der Waals surface area contributed by atoms with Crippen LogP contribution < -0.4 is 5.73 Å². The Balaban J connectivity index is 2.93. The highest BCUT2D eigenvalue weighted by Crippen LogP contribution is 2.29. The molecule has 0 aromatic heterocycles. The number of likely N-dealkylation sites (tertiary alicyclic amines) is 1. The zero-order valence-electron chi connectivity index (χ0n) is 15.0. The predicted octanol–water partition coefficient (Wildman–Crippen LogP) is 3.05. The van der Waals surface area contributed by atoms with Gasteiger partial charge in [0.05, 0.1) is 0 Å². The number of hydrogen-bond acceptors (Lipinski definition) is 2. The van der Waals surface area contributed by atoms with E-state index in [9.17, 15) is 9.59 Å². The molecule has 22 heavy (non-hydrogen) atoms. The fraction of sp³-hybridized carbons (Fsp3) is 0.889. The molecule has 2 N–H and O–H groups in total. The molecule has 2 amide bonds. The minimum atomic E-state index is -0.326. The van der Waals surface area contributed by atoms with Gasteiger partial charge in [-0.05, 0) is 37.0 Å². The van der Waals surface area contributed by atoms with Gasteiger partial charge in [-0.15, -0.1) is 0 Å². The van der Waals surface area contributed by atoms with E-state index in [-0.39, 0.29) is 23.7 Å². The van der Waals surface area contributed by atoms with Crippen molar-refractivity contribution in [2.75, 3.05) is 13.1 Å². The third-order valence-electron chi connectivity index (χ3n) is 4.67. The average Bonchev–Trinajstić information content (AvgIpc) is 2.40. The van der Waals surface area contributed by atoms with Crippen LogP contribution >= 0.6 is 0 Å². The molecule has 0 aromatic carbocycles. The molecule has 1 heterocycles. The lowest BCUT2D eigenvalue weighted by molar-refractivity contribution is -0.144. The summed E-state index contributed by atoms with van der Waals surface area (Å²) in [6, 6.07) is 0. The van der Waals surface area contributed by atoms with E-state index in [1.54, 1.807) is 0 Å². The maximum atomic E-state index is 13.1. The predicted molar refractivity (Wildman–Crippen MR) is 90.1 cm³/mol. The average molecular weight is 310 g/mol. The largest absolute Gasteiger partial charge is 0.369 e. The van der Waals surface area contributed by atoms with Crippen molar-refractivity contribution in [1.82, 2.24) is 4.90 Å². The molecule has 1 fully saturated rings. The second-order valence-electron chi connectivity index (χ2n) is 7.72. The Kier molecular flexibility index (Phi) is 7.37. The summed E-state index contributed by atoms with van der Waals surface area (Å²) in [6.07, 6.45) is 3.50. The minimum absolute atomic E-state index is 0.143. The van der Waals surface area contributed by atoms with Gasteiger partial charge >= 0.3 is 0 Å². The number of primary amides is 1. The second kappa shape index (κ2) is 8.54. The first-order valence-electron chi connectivity index (χ1n) is 8.84. The van der Waals surface area contributed by atoms with E-state index in [1.807, 2.05) is 11.8 Å². The normalized spacial score (nSPS) is 25.1.